The zero-order chi connectivity index (χ0) is 30.6. The molecule has 1 aliphatic heterocycles. The van der Waals surface area contributed by atoms with Crippen LogP contribution in [0.1, 0.15) is 36.4 Å². The van der Waals surface area contributed by atoms with Crippen LogP contribution in [-0.2, 0) is 17.8 Å². The minimum absolute atomic E-state index is 0.0521. The molecular weight excluding hydrogens is 581 g/mol. The molecule has 0 spiro atoms. The number of aromatic nitrogens is 1. The van der Waals surface area contributed by atoms with Crippen molar-refractivity contribution in [3.05, 3.63) is 69.0 Å². The topological polar surface area (TPSA) is 120 Å². The first-order valence-corrected chi connectivity index (χ1v) is 14.5. The summed E-state index contributed by atoms with van der Waals surface area (Å²) in [5.41, 5.74) is 3.22. The van der Waals surface area contributed by atoms with Crippen LogP contribution in [0.2, 0.25) is 10.0 Å². The van der Waals surface area contributed by atoms with Gasteiger partial charge in [0.2, 0.25) is 5.91 Å². The lowest BCUT2D eigenvalue weighted by molar-refractivity contribution is -0.134. The molecule has 2 aromatic carbocycles. The number of likely N-dealkylation sites (N-methyl/N-ethyl adjacent to an activating group) is 1. The van der Waals surface area contributed by atoms with Gasteiger partial charge in [-0.3, -0.25) is 9.69 Å². The average Bonchev–Trinajstić information content (AvgIpc) is 3.27. The molecule has 3 amide bonds. The van der Waals surface area contributed by atoms with E-state index in [0.717, 1.165) is 5.56 Å². The summed E-state index contributed by atoms with van der Waals surface area (Å²) in [7, 11) is 2.00. The van der Waals surface area contributed by atoms with Crippen LogP contribution in [-0.4, -0.2) is 70.9 Å². The van der Waals surface area contributed by atoms with Gasteiger partial charge in [0.15, 0.2) is 5.76 Å². The predicted molar refractivity (Wildman–Crippen MR) is 163 cm³/mol. The molecule has 226 valence electrons. The van der Waals surface area contributed by atoms with Crippen LogP contribution in [0.4, 0.5) is 16.2 Å². The van der Waals surface area contributed by atoms with E-state index in [9.17, 15) is 14.7 Å². The standard InChI is InChI=1S/C30H37Cl2N5O5/c1-17-13-37(18(2)16-38)28(39)12-22-11-23(33-30(40)34-29-19(3)35-42-20(29)4)7-9-26(22)41-27(17)15-36(5)14-21-6-8-24(31)25(32)10-21/h6-11,17-18,27,38H,12-16H2,1-5H3,(H2,33,34,40)/t17-,18+,27+/m1/s1. The van der Waals surface area contributed by atoms with E-state index in [2.05, 4.69) is 20.7 Å². The Morgan fingerprint density at radius 3 is 2.62 bits per heavy atom. The maximum Gasteiger partial charge on any atom is 0.323 e. The van der Waals surface area contributed by atoms with Crippen molar-refractivity contribution in [1.82, 2.24) is 15.0 Å². The summed E-state index contributed by atoms with van der Waals surface area (Å²) >= 11 is 12.3. The van der Waals surface area contributed by atoms with Crippen molar-refractivity contribution in [3.8, 4) is 5.75 Å². The summed E-state index contributed by atoms with van der Waals surface area (Å²) in [6, 6.07) is 10.00. The summed E-state index contributed by atoms with van der Waals surface area (Å²) in [6.45, 7) is 8.77. The van der Waals surface area contributed by atoms with E-state index in [-0.39, 0.29) is 37.0 Å². The highest BCUT2D eigenvalue weighted by Crippen LogP contribution is 2.30. The van der Waals surface area contributed by atoms with Gasteiger partial charge in [0.25, 0.3) is 0 Å². The number of carbonyl (C=O) groups excluding carboxylic acids is 2. The number of anilines is 2. The Hall–Kier alpha value is -3.31. The number of aliphatic hydroxyl groups excluding tert-OH is 1. The molecule has 1 aromatic heterocycles. The van der Waals surface area contributed by atoms with E-state index >= 15 is 0 Å². The Morgan fingerprint density at radius 2 is 1.95 bits per heavy atom. The quantitative estimate of drug-likeness (QED) is 0.304. The number of aliphatic hydroxyl groups is 1. The summed E-state index contributed by atoms with van der Waals surface area (Å²) in [4.78, 5) is 30.1. The molecule has 0 saturated carbocycles. The van der Waals surface area contributed by atoms with Crippen molar-refractivity contribution >= 4 is 46.5 Å². The number of nitrogens with zero attached hydrogens (tertiary/aromatic N) is 3. The van der Waals surface area contributed by atoms with Crippen molar-refractivity contribution in [3.63, 3.8) is 0 Å². The number of halogens is 2. The number of aryl methyl sites for hydroxylation is 2. The number of carbonyl (C=O) groups is 2. The van der Waals surface area contributed by atoms with Gasteiger partial charge in [-0.05, 0) is 63.7 Å². The molecule has 10 nitrogen and oxygen atoms in total. The van der Waals surface area contributed by atoms with Gasteiger partial charge in [-0.2, -0.15) is 0 Å². The fourth-order valence-corrected chi connectivity index (χ4v) is 5.30. The number of hydrogen-bond donors (Lipinski definition) is 3. The largest absolute Gasteiger partial charge is 0.488 e. The first-order valence-electron chi connectivity index (χ1n) is 13.8. The third-order valence-electron chi connectivity index (χ3n) is 7.37. The SMILES string of the molecule is Cc1noc(C)c1NC(=O)Nc1ccc2c(c1)CC(=O)N([C@@H](C)CO)C[C@@H](C)[C@H](CN(C)Cc1ccc(Cl)c(Cl)c1)O2. The number of urea groups is 1. The molecule has 0 radical (unpaired) electrons. The monoisotopic (exact) mass is 617 g/mol. The van der Waals surface area contributed by atoms with Crippen LogP contribution in [0.5, 0.6) is 5.75 Å². The van der Waals surface area contributed by atoms with Gasteiger partial charge < -0.3 is 29.9 Å². The van der Waals surface area contributed by atoms with Crippen molar-refractivity contribution in [2.75, 3.05) is 37.4 Å². The molecule has 2 heterocycles. The second kappa shape index (κ2) is 13.8. The maximum atomic E-state index is 13.5. The fraction of sp³-hybridized carbons (Fsp3) is 0.433. The number of ether oxygens (including phenoxy) is 1. The molecule has 0 unspecified atom stereocenters. The highest BCUT2D eigenvalue weighted by atomic mass is 35.5. The molecule has 3 N–H and O–H groups in total. The van der Waals surface area contributed by atoms with Crippen molar-refractivity contribution in [2.24, 2.45) is 5.92 Å². The normalized spacial score (nSPS) is 18.0. The summed E-state index contributed by atoms with van der Waals surface area (Å²) in [5.74, 6) is 0.885. The molecule has 4 rings (SSSR count). The molecule has 42 heavy (non-hydrogen) atoms. The highest BCUT2D eigenvalue weighted by Gasteiger charge is 2.31. The van der Waals surface area contributed by atoms with Gasteiger partial charge in [-0.15, -0.1) is 0 Å². The third kappa shape index (κ3) is 7.74. The predicted octanol–water partition coefficient (Wildman–Crippen LogP) is 5.52. The van der Waals surface area contributed by atoms with E-state index in [0.29, 0.717) is 63.8 Å². The number of nitrogens with one attached hydrogen (secondary N) is 2. The summed E-state index contributed by atoms with van der Waals surface area (Å²) < 4.78 is 11.7. The minimum atomic E-state index is -0.467. The third-order valence-corrected chi connectivity index (χ3v) is 8.11. The van der Waals surface area contributed by atoms with E-state index in [1.807, 2.05) is 33.0 Å². The second-order valence-corrected chi connectivity index (χ2v) is 11.7. The summed E-state index contributed by atoms with van der Waals surface area (Å²) in [5, 5.41) is 20.3. The Bertz CT molecular complexity index is 1410. The Kier molecular flexibility index (Phi) is 10.4. The zero-order valence-electron chi connectivity index (χ0n) is 24.4. The maximum absolute atomic E-state index is 13.5. The number of rotatable bonds is 8. The number of hydrogen-bond acceptors (Lipinski definition) is 7. The zero-order valence-corrected chi connectivity index (χ0v) is 25.9. The van der Waals surface area contributed by atoms with Gasteiger partial charge in [0, 0.05) is 36.8 Å². The molecule has 0 bridgehead atoms. The number of amides is 3. The van der Waals surface area contributed by atoms with E-state index < -0.39 is 6.03 Å². The number of fused-ring (bicyclic) bond motifs is 1. The summed E-state index contributed by atoms with van der Waals surface area (Å²) in [6.07, 6.45) is -0.225. The van der Waals surface area contributed by atoms with Crippen molar-refractivity contribution in [1.29, 1.82) is 0 Å². The number of benzene rings is 2. The van der Waals surface area contributed by atoms with Gasteiger partial charge >= 0.3 is 6.03 Å². The van der Waals surface area contributed by atoms with Gasteiger partial charge in [-0.1, -0.05) is 41.3 Å². The lowest BCUT2D eigenvalue weighted by Crippen LogP contribution is -2.47. The van der Waals surface area contributed by atoms with E-state index in [4.69, 9.17) is 32.5 Å². The van der Waals surface area contributed by atoms with Crippen LogP contribution >= 0.6 is 23.2 Å². The van der Waals surface area contributed by atoms with Crippen molar-refractivity contribution in [2.45, 2.75) is 52.8 Å². The van der Waals surface area contributed by atoms with Crippen LogP contribution in [0, 0.1) is 19.8 Å². The van der Waals surface area contributed by atoms with E-state index in [1.54, 1.807) is 43.0 Å². The smallest absolute Gasteiger partial charge is 0.323 e. The average molecular weight is 619 g/mol. The van der Waals surface area contributed by atoms with E-state index in [1.165, 1.54) is 0 Å². The van der Waals surface area contributed by atoms with Crippen LogP contribution in [0.3, 0.4) is 0 Å². The Labute approximate surface area is 255 Å². The molecule has 0 fully saturated rings. The molecule has 0 aliphatic carbocycles. The Balaban J connectivity index is 1.57. The molecule has 1 aliphatic rings. The first-order chi connectivity index (χ1) is 19.9. The second-order valence-electron chi connectivity index (χ2n) is 10.9. The fourth-order valence-electron chi connectivity index (χ4n) is 4.98. The first kappa shape index (κ1) is 31.6. The van der Waals surface area contributed by atoms with Crippen LogP contribution in [0.25, 0.3) is 0 Å². The molecular formula is C30H37Cl2N5O5. The molecule has 12 heteroatoms. The lowest BCUT2D eigenvalue weighted by atomic mass is 10.0. The van der Waals surface area contributed by atoms with Gasteiger partial charge in [0.05, 0.1) is 29.1 Å². The van der Waals surface area contributed by atoms with Crippen LogP contribution < -0.4 is 15.4 Å². The molecule has 3 atom stereocenters. The van der Waals surface area contributed by atoms with Crippen LogP contribution in [0.15, 0.2) is 40.9 Å². The van der Waals surface area contributed by atoms with Gasteiger partial charge in [-0.25, -0.2) is 4.79 Å². The van der Waals surface area contributed by atoms with Crippen molar-refractivity contribution < 1.29 is 24.0 Å². The molecule has 3 aromatic rings. The lowest BCUT2D eigenvalue weighted by Gasteiger charge is -2.34. The minimum Gasteiger partial charge on any atom is -0.488 e. The Morgan fingerprint density at radius 1 is 1.19 bits per heavy atom. The van der Waals surface area contributed by atoms with Gasteiger partial charge in [0.1, 0.15) is 23.2 Å². The molecule has 0 saturated heterocycles. The highest BCUT2D eigenvalue weighted by molar-refractivity contribution is 6.42.